The van der Waals surface area contributed by atoms with Crippen molar-refractivity contribution in [2.75, 3.05) is 7.11 Å². The molecular weight excluding hydrogens is 173 g/mol. The van der Waals surface area contributed by atoms with Crippen LogP contribution in [0.4, 0.5) is 4.39 Å². The van der Waals surface area contributed by atoms with Gasteiger partial charge in [0.25, 0.3) is 5.91 Å². The summed E-state index contributed by atoms with van der Waals surface area (Å²) < 4.78 is 18.2. The van der Waals surface area contributed by atoms with Gasteiger partial charge in [-0.2, -0.15) is 0 Å². The Labute approximate surface area is 74.5 Å². The molecule has 0 aromatic heterocycles. The fourth-order valence-corrected chi connectivity index (χ4v) is 1.41. The maximum absolute atomic E-state index is 13.4. The molecular formula is C9H8FNO2. The summed E-state index contributed by atoms with van der Waals surface area (Å²) in [5, 5.41) is 2.54. The molecule has 68 valence electrons. The van der Waals surface area contributed by atoms with E-state index in [1.54, 1.807) is 6.07 Å². The van der Waals surface area contributed by atoms with E-state index in [1.165, 1.54) is 13.2 Å². The topological polar surface area (TPSA) is 38.3 Å². The van der Waals surface area contributed by atoms with Crippen LogP contribution in [-0.4, -0.2) is 13.0 Å². The Kier molecular flexibility index (Phi) is 1.69. The first-order valence-electron chi connectivity index (χ1n) is 3.87. The molecule has 1 aromatic rings. The number of hydrogen-bond acceptors (Lipinski definition) is 2. The van der Waals surface area contributed by atoms with Crippen molar-refractivity contribution in [1.29, 1.82) is 0 Å². The number of carbonyl (C=O) groups excluding carboxylic acids is 1. The van der Waals surface area contributed by atoms with Crippen molar-refractivity contribution >= 4 is 5.91 Å². The average Bonchev–Trinajstić information content (AvgIpc) is 2.50. The highest BCUT2D eigenvalue weighted by Gasteiger charge is 2.23. The standard InChI is InChI=1S/C9H8FNO2/c1-13-7-3-2-5-6(8(7)10)4-11-9(5)12/h2-3H,4H2,1H3,(H,11,12). The van der Waals surface area contributed by atoms with Gasteiger partial charge in [0.15, 0.2) is 11.6 Å². The van der Waals surface area contributed by atoms with E-state index in [0.717, 1.165) is 0 Å². The first kappa shape index (κ1) is 8.04. The van der Waals surface area contributed by atoms with E-state index in [1.807, 2.05) is 0 Å². The number of methoxy groups -OCH3 is 1. The lowest BCUT2D eigenvalue weighted by atomic mass is 10.1. The number of amides is 1. The molecule has 2 rings (SSSR count). The zero-order valence-corrected chi connectivity index (χ0v) is 7.06. The third kappa shape index (κ3) is 1.06. The van der Waals surface area contributed by atoms with Gasteiger partial charge in [-0.25, -0.2) is 4.39 Å². The largest absolute Gasteiger partial charge is 0.494 e. The second-order valence-electron chi connectivity index (χ2n) is 2.79. The molecule has 0 saturated carbocycles. The molecule has 0 saturated heterocycles. The molecule has 0 atom stereocenters. The molecule has 1 aliphatic heterocycles. The quantitative estimate of drug-likeness (QED) is 0.704. The van der Waals surface area contributed by atoms with Gasteiger partial charge in [-0.3, -0.25) is 4.79 Å². The molecule has 0 aliphatic carbocycles. The Balaban J connectivity index is 2.60. The average molecular weight is 181 g/mol. The van der Waals surface area contributed by atoms with Crippen LogP contribution in [0.3, 0.4) is 0 Å². The summed E-state index contributed by atoms with van der Waals surface area (Å²) in [6.45, 7) is 0.247. The second kappa shape index (κ2) is 2.73. The van der Waals surface area contributed by atoms with E-state index < -0.39 is 5.82 Å². The Hall–Kier alpha value is -1.58. The highest BCUT2D eigenvalue weighted by atomic mass is 19.1. The molecule has 0 fully saturated rings. The molecule has 1 N–H and O–H groups in total. The Bertz CT molecular complexity index is 376. The van der Waals surface area contributed by atoms with Crippen molar-refractivity contribution in [3.05, 3.63) is 29.1 Å². The molecule has 1 aromatic carbocycles. The molecule has 1 heterocycles. The number of hydrogen-bond donors (Lipinski definition) is 1. The number of fused-ring (bicyclic) bond motifs is 1. The maximum Gasteiger partial charge on any atom is 0.252 e. The van der Waals surface area contributed by atoms with Crippen LogP contribution in [0.5, 0.6) is 5.75 Å². The third-order valence-corrected chi connectivity index (χ3v) is 2.10. The van der Waals surface area contributed by atoms with Crippen LogP contribution in [0.2, 0.25) is 0 Å². The van der Waals surface area contributed by atoms with Crippen molar-refractivity contribution in [2.24, 2.45) is 0 Å². The predicted octanol–water partition coefficient (Wildman–Crippen LogP) is 1.08. The van der Waals surface area contributed by atoms with Gasteiger partial charge in [-0.1, -0.05) is 0 Å². The highest BCUT2D eigenvalue weighted by molar-refractivity contribution is 5.98. The number of halogens is 1. The van der Waals surface area contributed by atoms with E-state index in [2.05, 4.69) is 5.32 Å². The third-order valence-electron chi connectivity index (χ3n) is 2.10. The van der Waals surface area contributed by atoms with E-state index in [-0.39, 0.29) is 18.2 Å². The van der Waals surface area contributed by atoms with E-state index >= 15 is 0 Å². The monoisotopic (exact) mass is 181 g/mol. The van der Waals surface area contributed by atoms with Crippen LogP contribution in [-0.2, 0) is 6.54 Å². The molecule has 1 aliphatic rings. The number of ether oxygens (including phenoxy) is 1. The van der Waals surface area contributed by atoms with Crippen molar-refractivity contribution in [3.8, 4) is 5.75 Å². The van der Waals surface area contributed by atoms with E-state index in [4.69, 9.17) is 4.74 Å². The van der Waals surface area contributed by atoms with Crippen LogP contribution < -0.4 is 10.1 Å². The predicted molar refractivity (Wildman–Crippen MR) is 44.1 cm³/mol. The van der Waals surface area contributed by atoms with Gasteiger partial charge >= 0.3 is 0 Å². The SMILES string of the molecule is COc1ccc2c(c1F)CNC2=O. The number of carbonyl (C=O) groups is 1. The second-order valence-corrected chi connectivity index (χ2v) is 2.79. The molecule has 0 unspecified atom stereocenters. The van der Waals surface area contributed by atoms with Gasteiger partial charge in [0.1, 0.15) is 0 Å². The first-order valence-corrected chi connectivity index (χ1v) is 3.87. The fraction of sp³-hybridized carbons (Fsp3) is 0.222. The summed E-state index contributed by atoms with van der Waals surface area (Å²) in [5.41, 5.74) is 0.794. The lowest BCUT2D eigenvalue weighted by molar-refractivity contribution is 0.0966. The van der Waals surface area contributed by atoms with Crippen molar-refractivity contribution in [1.82, 2.24) is 5.32 Å². The maximum atomic E-state index is 13.4. The van der Waals surface area contributed by atoms with Gasteiger partial charge < -0.3 is 10.1 Å². The fourth-order valence-electron chi connectivity index (χ4n) is 1.41. The zero-order chi connectivity index (χ0) is 9.42. The van der Waals surface area contributed by atoms with Crippen LogP contribution in [0, 0.1) is 5.82 Å². The molecule has 0 bridgehead atoms. The van der Waals surface area contributed by atoms with Crippen LogP contribution in [0.25, 0.3) is 0 Å². The molecule has 0 spiro atoms. The van der Waals surface area contributed by atoms with E-state index in [0.29, 0.717) is 11.1 Å². The molecule has 1 amide bonds. The van der Waals surface area contributed by atoms with Crippen molar-refractivity contribution in [3.63, 3.8) is 0 Å². The Morgan fingerprint density at radius 1 is 1.54 bits per heavy atom. The van der Waals surface area contributed by atoms with Crippen LogP contribution in [0.1, 0.15) is 15.9 Å². The van der Waals surface area contributed by atoms with Crippen LogP contribution in [0.15, 0.2) is 12.1 Å². The summed E-state index contributed by atoms with van der Waals surface area (Å²) in [4.78, 5) is 11.1. The molecule has 4 heteroatoms. The highest BCUT2D eigenvalue weighted by Crippen LogP contribution is 2.26. The van der Waals surface area contributed by atoms with Gasteiger partial charge in [0, 0.05) is 17.7 Å². The Morgan fingerprint density at radius 3 is 3.00 bits per heavy atom. The van der Waals surface area contributed by atoms with Crippen LogP contribution >= 0.6 is 0 Å². The van der Waals surface area contributed by atoms with Gasteiger partial charge in [0.2, 0.25) is 0 Å². The summed E-state index contributed by atoms with van der Waals surface area (Å²) in [6.07, 6.45) is 0. The molecule has 0 radical (unpaired) electrons. The molecule has 3 nitrogen and oxygen atoms in total. The number of nitrogens with one attached hydrogen (secondary N) is 1. The number of benzene rings is 1. The zero-order valence-electron chi connectivity index (χ0n) is 7.06. The van der Waals surface area contributed by atoms with Gasteiger partial charge in [-0.15, -0.1) is 0 Å². The van der Waals surface area contributed by atoms with E-state index in [9.17, 15) is 9.18 Å². The van der Waals surface area contributed by atoms with Crippen molar-refractivity contribution < 1.29 is 13.9 Å². The normalized spacial score (nSPS) is 13.8. The van der Waals surface area contributed by atoms with Gasteiger partial charge in [-0.05, 0) is 12.1 Å². The minimum atomic E-state index is -0.446. The lowest BCUT2D eigenvalue weighted by Crippen LogP contribution is -2.12. The smallest absolute Gasteiger partial charge is 0.252 e. The summed E-state index contributed by atoms with van der Waals surface area (Å²) in [7, 11) is 1.40. The summed E-state index contributed by atoms with van der Waals surface area (Å²) in [5.74, 6) is -0.495. The minimum absolute atomic E-state index is 0.176. The summed E-state index contributed by atoms with van der Waals surface area (Å²) in [6, 6.07) is 3.03. The van der Waals surface area contributed by atoms with Crippen molar-refractivity contribution in [2.45, 2.75) is 6.54 Å². The number of rotatable bonds is 1. The first-order chi connectivity index (χ1) is 6.24. The molecule has 13 heavy (non-hydrogen) atoms. The summed E-state index contributed by atoms with van der Waals surface area (Å²) >= 11 is 0. The Morgan fingerprint density at radius 2 is 2.31 bits per heavy atom. The lowest BCUT2D eigenvalue weighted by Gasteiger charge is -2.03. The minimum Gasteiger partial charge on any atom is -0.494 e. The van der Waals surface area contributed by atoms with Gasteiger partial charge in [0.05, 0.1) is 7.11 Å².